The third kappa shape index (κ3) is 5.43. The van der Waals surface area contributed by atoms with Crippen LogP contribution in [0.15, 0.2) is 24.3 Å². The number of carbonyl (C=O) groups is 1. The summed E-state index contributed by atoms with van der Waals surface area (Å²) in [7, 11) is 0. The van der Waals surface area contributed by atoms with Crippen LogP contribution >= 0.6 is 12.4 Å². The molecule has 0 unspecified atom stereocenters. The molecule has 1 aromatic carbocycles. The number of carbonyl (C=O) groups excluding carboxylic acids is 1. The molecule has 1 aliphatic rings. The lowest BCUT2D eigenvalue weighted by Crippen LogP contribution is -2.30. The standard InChI is InChI=1S/C17H20F3N5O.ClH/c1-11-15(23-24-25(11)14-5-7-21-8-6-14)16(26)22-13-4-2-3-12(9-13)10-17(18,19)20;/h2-4,9,14,21H,5-8,10H2,1H3,(H,22,26);1H. The van der Waals surface area contributed by atoms with Crippen molar-refractivity contribution in [2.24, 2.45) is 0 Å². The van der Waals surface area contributed by atoms with Crippen molar-refractivity contribution in [1.82, 2.24) is 20.3 Å². The highest BCUT2D eigenvalue weighted by Crippen LogP contribution is 2.24. The van der Waals surface area contributed by atoms with Crippen molar-refractivity contribution in [2.75, 3.05) is 18.4 Å². The molecular weight excluding hydrogens is 383 g/mol. The number of hydrogen-bond donors (Lipinski definition) is 2. The summed E-state index contributed by atoms with van der Waals surface area (Å²) in [5.74, 6) is -0.480. The number of halogens is 4. The third-order valence-electron chi connectivity index (χ3n) is 4.39. The Labute approximate surface area is 160 Å². The molecule has 3 rings (SSSR count). The first-order valence-electron chi connectivity index (χ1n) is 8.43. The summed E-state index contributed by atoms with van der Waals surface area (Å²) in [5, 5.41) is 13.9. The summed E-state index contributed by atoms with van der Waals surface area (Å²) in [6.45, 7) is 3.55. The molecule has 1 aromatic heterocycles. The molecule has 0 atom stereocenters. The minimum absolute atomic E-state index is 0. The Bertz CT molecular complexity index is 787. The van der Waals surface area contributed by atoms with Crippen LogP contribution in [0.1, 0.15) is 40.6 Å². The topological polar surface area (TPSA) is 71.8 Å². The zero-order chi connectivity index (χ0) is 18.7. The number of rotatable bonds is 4. The number of hydrogen-bond acceptors (Lipinski definition) is 4. The van der Waals surface area contributed by atoms with E-state index in [0.29, 0.717) is 11.4 Å². The van der Waals surface area contributed by atoms with Gasteiger partial charge in [-0.3, -0.25) is 4.79 Å². The molecule has 0 bridgehead atoms. The molecule has 1 aliphatic heterocycles. The number of piperidine rings is 1. The smallest absolute Gasteiger partial charge is 0.321 e. The highest BCUT2D eigenvalue weighted by atomic mass is 35.5. The molecule has 2 N–H and O–H groups in total. The fraction of sp³-hybridized carbons (Fsp3) is 0.471. The van der Waals surface area contributed by atoms with Gasteiger partial charge in [-0.15, -0.1) is 17.5 Å². The Hall–Kier alpha value is -2.13. The predicted molar refractivity (Wildman–Crippen MR) is 97.3 cm³/mol. The van der Waals surface area contributed by atoms with Crippen LogP contribution < -0.4 is 10.6 Å². The lowest BCUT2D eigenvalue weighted by atomic mass is 10.1. The maximum Gasteiger partial charge on any atom is 0.393 e. The van der Waals surface area contributed by atoms with Gasteiger partial charge in [-0.2, -0.15) is 13.2 Å². The van der Waals surface area contributed by atoms with E-state index in [9.17, 15) is 18.0 Å². The molecule has 1 fully saturated rings. The maximum atomic E-state index is 12.5. The normalized spacial score (nSPS) is 15.3. The summed E-state index contributed by atoms with van der Waals surface area (Å²) in [6, 6.07) is 5.92. The van der Waals surface area contributed by atoms with E-state index in [2.05, 4.69) is 20.9 Å². The molecule has 2 heterocycles. The van der Waals surface area contributed by atoms with Crippen LogP contribution in [0.3, 0.4) is 0 Å². The number of amides is 1. The molecule has 2 aromatic rings. The predicted octanol–water partition coefficient (Wildman–Crippen LogP) is 3.29. The van der Waals surface area contributed by atoms with Gasteiger partial charge in [-0.05, 0) is 50.6 Å². The van der Waals surface area contributed by atoms with Crippen molar-refractivity contribution in [3.8, 4) is 0 Å². The van der Waals surface area contributed by atoms with Gasteiger partial charge >= 0.3 is 6.18 Å². The molecular formula is C17H21ClF3N5O. The first-order valence-corrected chi connectivity index (χ1v) is 8.43. The van der Waals surface area contributed by atoms with Crippen LogP contribution in [0.25, 0.3) is 0 Å². The van der Waals surface area contributed by atoms with Crippen molar-refractivity contribution >= 4 is 24.0 Å². The number of benzene rings is 1. The number of anilines is 1. The summed E-state index contributed by atoms with van der Waals surface area (Å²) in [4.78, 5) is 12.5. The summed E-state index contributed by atoms with van der Waals surface area (Å²) < 4.78 is 39.3. The lowest BCUT2D eigenvalue weighted by Gasteiger charge is -2.23. The second-order valence-corrected chi connectivity index (χ2v) is 6.40. The SMILES string of the molecule is Cc1c(C(=O)Nc2cccc(CC(F)(F)F)c2)nnn1C1CCNCC1.Cl. The fourth-order valence-electron chi connectivity index (χ4n) is 3.13. The van der Waals surface area contributed by atoms with E-state index < -0.39 is 18.5 Å². The molecule has 0 saturated carbocycles. The second kappa shape index (κ2) is 8.71. The third-order valence-corrected chi connectivity index (χ3v) is 4.39. The van der Waals surface area contributed by atoms with Crippen LogP contribution in [-0.4, -0.2) is 40.2 Å². The Kier molecular flexibility index (Phi) is 6.83. The molecule has 0 spiro atoms. The highest BCUT2D eigenvalue weighted by Gasteiger charge is 2.28. The molecule has 0 radical (unpaired) electrons. The van der Waals surface area contributed by atoms with E-state index in [1.807, 2.05) is 0 Å². The number of alkyl halides is 3. The van der Waals surface area contributed by atoms with Crippen LogP contribution in [0.4, 0.5) is 18.9 Å². The van der Waals surface area contributed by atoms with Gasteiger partial charge in [0, 0.05) is 5.69 Å². The average molecular weight is 404 g/mol. The molecule has 6 nitrogen and oxygen atoms in total. The van der Waals surface area contributed by atoms with Gasteiger partial charge in [-0.25, -0.2) is 4.68 Å². The van der Waals surface area contributed by atoms with Crippen molar-refractivity contribution in [2.45, 2.75) is 38.4 Å². The zero-order valence-electron chi connectivity index (χ0n) is 14.7. The average Bonchev–Trinajstić information content (AvgIpc) is 2.96. The highest BCUT2D eigenvalue weighted by molar-refractivity contribution is 6.03. The van der Waals surface area contributed by atoms with E-state index in [-0.39, 0.29) is 29.7 Å². The summed E-state index contributed by atoms with van der Waals surface area (Å²) >= 11 is 0. The fourth-order valence-corrected chi connectivity index (χ4v) is 3.13. The molecule has 10 heteroatoms. The van der Waals surface area contributed by atoms with Crippen LogP contribution in [0.2, 0.25) is 0 Å². The largest absolute Gasteiger partial charge is 0.393 e. The molecule has 1 saturated heterocycles. The first-order chi connectivity index (χ1) is 12.3. The van der Waals surface area contributed by atoms with E-state index in [4.69, 9.17) is 0 Å². The lowest BCUT2D eigenvalue weighted by molar-refractivity contribution is -0.127. The minimum Gasteiger partial charge on any atom is -0.321 e. The van der Waals surface area contributed by atoms with Gasteiger partial charge in [-0.1, -0.05) is 17.3 Å². The van der Waals surface area contributed by atoms with Crippen molar-refractivity contribution in [1.29, 1.82) is 0 Å². The van der Waals surface area contributed by atoms with E-state index in [0.717, 1.165) is 25.9 Å². The minimum atomic E-state index is -4.29. The quantitative estimate of drug-likeness (QED) is 0.821. The first kappa shape index (κ1) is 21.2. The zero-order valence-corrected chi connectivity index (χ0v) is 15.5. The van der Waals surface area contributed by atoms with Crippen LogP contribution in [0, 0.1) is 6.92 Å². The Morgan fingerprint density at radius 2 is 2.04 bits per heavy atom. The van der Waals surface area contributed by atoms with Gasteiger partial charge in [0.05, 0.1) is 18.2 Å². The van der Waals surface area contributed by atoms with E-state index in [1.54, 1.807) is 17.7 Å². The Morgan fingerprint density at radius 1 is 1.33 bits per heavy atom. The molecule has 148 valence electrons. The van der Waals surface area contributed by atoms with E-state index in [1.165, 1.54) is 18.2 Å². The summed E-state index contributed by atoms with van der Waals surface area (Å²) in [6.07, 6.45) is -3.52. The molecule has 0 aliphatic carbocycles. The van der Waals surface area contributed by atoms with Crippen molar-refractivity contribution < 1.29 is 18.0 Å². The second-order valence-electron chi connectivity index (χ2n) is 6.40. The van der Waals surface area contributed by atoms with Gasteiger partial charge < -0.3 is 10.6 Å². The van der Waals surface area contributed by atoms with Crippen LogP contribution in [-0.2, 0) is 6.42 Å². The Morgan fingerprint density at radius 3 is 2.70 bits per heavy atom. The van der Waals surface area contributed by atoms with Gasteiger partial charge in [0.1, 0.15) is 0 Å². The monoisotopic (exact) mass is 403 g/mol. The molecule has 1 amide bonds. The van der Waals surface area contributed by atoms with Gasteiger partial charge in [0.25, 0.3) is 5.91 Å². The molecule has 27 heavy (non-hydrogen) atoms. The van der Waals surface area contributed by atoms with Crippen LogP contribution in [0.5, 0.6) is 0 Å². The van der Waals surface area contributed by atoms with Gasteiger partial charge in [0.2, 0.25) is 0 Å². The number of nitrogens with zero attached hydrogens (tertiary/aromatic N) is 3. The van der Waals surface area contributed by atoms with E-state index >= 15 is 0 Å². The van der Waals surface area contributed by atoms with Gasteiger partial charge in [0.15, 0.2) is 5.69 Å². The Balaban J connectivity index is 0.00000261. The number of nitrogens with one attached hydrogen (secondary N) is 2. The number of aromatic nitrogens is 3. The van der Waals surface area contributed by atoms with Crippen molar-refractivity contribution in [3.05, 3.63) is 41.2 Å². The van der Waals surface area contributed by atoms with Crippen molar-refractivity contribution in [3.63, 3.8) is 0 Å². The summed E-state index contributed by atoms with van der Waals surface area (Å²) in [5.41, 5.74) is 1.23. The maximum absolute atomic E-state index is 12.5.